The van der Waals surface area contributed by atoms with Crippen molar-refractivity contribution >= 4 is 11.8 Å². The van der Waals surface area contributed by atoms with E-state index in [1.807, 2.05) is 43.3 Å². The van der Waals surface area contributed by atoms with Crippen molar-refractivity contribution in [3.63, 3.8) is 0 Å². The van der Waals surface area contributed by atoms with Crippen molar-refractivity contribution in [1.29, 1.82) is 0 Å². The van der Waals surface area contributed by atoms with Crippen LogP contribution in [0.15, 0.2) is 52.3 Å². The molecule has 2 rings (SSSR count). The van der Waals surface area contributed by atoms with Crippen molar-refractivity contribution in [1.82, 2.24) is 0 Å². The van der Waals surface area contributed by atoms with Crippen LogP contribution in [0.25, 0.3) is 0 Å². The SMILES string of the molecule is COc1ccc(Sc2cccc(OC)c2C(C)N)cc1. The topological polar surface area (TPSA) is 44.5 Å². The van der Waals surface area contributed by atoms with E-state index in [1.165, 1.54) is 0 Å². The average molecular weight is 289 g/mol. The maximum atomic E-state index is 6.08. The lowest BCUT2D eigenvalue weighted by atomic mass is 10.1. The van der Waals surface area contributed by atoms with Crippen LogP contribution in [0.1, 0.15) is 18.5 Å². The largest absolute Gasteiger partial charge is 0.497 e. The van der Waals surface area contributed by atoms with E-state index in [2.05, 4.69) is 6.07 Å². The zero-order valence-corrected chi connectivity index (χ0v) is 12.7. The Labute approximate surface area is 124 Å². The maximum Gasteiger partial charge on any atom is 0.124 e. The monoisotopic (exact) mass is 289 g/mol. The van der Waals surface area contributed by atoms with E-state index in [0.29, 0.717) is 0 Å². The molecule has 2 aromatic rings. The van der Waals surface area contributed by atoms with Gasteiger partial charge in [-0.05, 0) is 43.3 Å². The molecule has 3 nitrogen and oxygen atoms in total. The van der Waals surface area contributed by atoms with Gasteiger partial charge in [0, 0.05) is 21.4 Å². The van der Waals surface area contributed by atoms with Gasteiger partial charge in [-0.2, -0.15) is 0 Å². The number of hydrogen-bond donors (Lipinski definition) is 1. The molecule has 20 heavy (non-hydrogen) atoms. The molecule has 0 saturated heterocycles. The van der Waals surface area contributed by atoms with E-state index in [-0.39, 0.29) is 6.04 Å². The molecule has 4 heteroatoms. The second-order valence-corrected chi connectivity index (χ2v) is 5.55. The number of methoxy groups -OCH3 is 2. The van der Waals surface area contributed by atoms with Crippen LogP contribution < -0.4 is 15.2 Å². The zero-order chi connectivity index (χ0) is 14.5. The summed E-state index contributed by atoms with van der Waals surface area (Å²) in [4.78, 5) is 2.26. The molecule has 1 atom stereocenters. The van der Waals surface area contributed by atoms with Crippen molar-refractivity contribution in [2.24, 2.45) is 5.73 Å². The predicted molar refractivity (Wildman–Crippen MR) is 82.7 cm³/mol. The van der Waals surface area contributed by atoms with Gasteiger partial charge in [-0.1, -0.05) is 17.8 Å². The highest BCUT2D eigenvalue weighted by Crippen LogP contribution is 2.37. The first-order valence-electron chi connectivity index (χ1n) is 6.40. The summed E-state index contributed by atoms with van der Waals surface area (Å²) in [6.07, 6.45) is 0. The summed E-state index contributed by atoms with van der Waals surface area (Å²) >= 11 is 1.68. The molecule has 0 saturated carbocycles. The minimum atomic E-state index is -0.0769. The zero-order valence-electron chi connectivity index (χ0n) is 11.9. The summed E-state index contributed by atoms with van der Waals surface area (Å²) in [5.41, 5.74) is 7.11. The molecule has 2 aromatic carbocycles. The highest BCUT2D eigenvalue weighted by Gasteiger charge is 2.14. The molecule has 106 valence electrons. The second-order valence-electron chi connectivity index (χ2n) is 4.44. The first kappa shape index (κ1) is 14.8. The Kier molecular flexibility index (Phi) is 4.93. The molecule has 0 bridgehead atoms. The smallest absolute Gasteiger partial charge is 0.124 e. The molecule has 1 unspecified atom stereocenters. The number of benzene rings is 2. The van der Waals surface area contributed by atoms with Gasteiger partial charge in [0.25, 0.3) is 0 Å². The first-order chi connectivity index (χ1) is 9.65. The van der Waals surface area contributed by atoms with Gasteiger partial charge in [-0.15, -0.1) is 0 Å². The van der Waals surface area contributed by atoms with Crippen molar-refractivity contribution < 1.29 is 9.47 Å². The average Bonchev–Trinajstić information content (AvgIpc) is 2.47. The summed E-state index contributed by atoms with van der Waals surface area (Å²) in [5.74, 6) is 1.69. The molecule has 0 aliphatic carbocycles. The second kappa shape index (κ2) is 6.68. The summed E-state index contributed by atoms with van der Waals surface area (Å²) in [5, 5.41) is 0. The Balaban J connectivity index is 2.32. The van der Waals surface area contributed by atoms with E-state index in [9.17, 15) is 0 Å². The fourth-order valence-electron chi connectivity index (χ4n) is 2.01. The van der Waals surface area contributed by atoms with Crippen molar-refractivity contribution in [3.8, 4) is 11.5 Å². The Hall–Kier alpha value is -1.65. The Morgan fingerprint density at radius 2 is 1.70 bits per heavy atom. The minimum Gasteiger partial charge on any atom is -0.497 e. The molecule has 0 heterocycles. The quantitative estimate of drug-likeness (QED) is 0.907. The Morgan fingerprint density at radius 1 is 1.00 bits per heavy atom. The van der Waals surface area contributed by atoms with Crippen LogP contribution in [0.5, 0.6) is 11.5 Å². The van der Waals surface area contributed by atoms with Crippen LogP contribution in [-0.2, 0) is 0 Å². The molecular weight excluding hydrogens is 270 g/mol. The molecule has 0 aliphatic rings. The number of rotatable bonds is 5. The van der Waals surface area contributed by atoms with Gasteiger partial charge in [-0.3, -0.25) is 0 Å². The first-order valence-corrected chi connectivity index (χ1v) is 7.21. The van der Waals surface area contributed by atoms with Gasteiger partial charge < -0.3 is 15.2 Å². The van der Waals surface area contributed by atoms with Crippen LogP contribution >= 0.6 is 11.8 Å². The normalized spacial score (nSPS) is 12.0. The number of ether oxygens (including phenoxy) is 2. The summed E-state index contributed by atoms with van der Waals surface area (Å²) in [7, 11) is 3.33. The third-order valence-electron chi connectivity index (χ3n) is 2.99. The fourth-order valence-corrected chi connectivity index (χ4v) is 3.08. The van der Waals surface area contributed by atoms with Crippen molar-refractivity contribution in [2.75, 3.05) is 14.2 Å². The molecule has 0 amide bonds. The van der Waals surface area contributed by atoms with Gasteiger partial charge in [0.05, 0.1) is 14.2 Å². The lowest BCUT2D eigenvalue weighted by Crippen LogP contribution is -2.08. The summed E-state index contributed by atoms with van der Waals surface area (Å²) in [6.45, 7) is 1.97. The highest BCUT2D eigenvalue weighted by molar-refractivity contribution is 7.99. The van der Waals surface area contributed by atoms with E-state index in [1.54, 1.807) is 26.0 Å². The van der Waals surface area contributed by atoms with Crippen LogP contribution in [0, 0.1) is 0 Å². The fraction of sp³-hybridized carbons (Fsp3) is 0.250. The minimum absolute atomic E-state index is 0.0769. The van der Waals surface area contributed by atoms with Crippen molar-refractivity contribution in [2.45, 2.75) is 22.8 Å². The number of nitrogens with two attached hydrogens (primary N) is 1. The van der Waals surface area contributed by atoms with E-state index in [0.717, 1.165) is 26.9 Å². The summed E-state index contributed by atoms with van der Waals surface area (Å²) in [6, 6.07) is 13.9. The molecule has 2 N–H and O–H groups in total. The standard InChI is InChI=1S/C16H19NO2S/c1-11(17)16-14(19-3)5-4-6-15(16)20-13-9-7-12(18-2)8-10-13/h4-11H,17H2,1-3H3. The van der Waals surface area contributed by atoms with Crippen LogP contribution in [-0.4, -0.2) is 14.2 Å². The van der Waals surface area contributed by atoms with Crippen LogP contribution in [0.3, 0.4) is 0 Å². The highest BCUT2D eigenvalue weighted by atomic mass is 32.2. The lowest BCUT2D eigenvalue weighted by Gasteiger charge is -2.16. The third-order valence-corrected chi connectivity index (χ3v) is 4.07. The van der Waals surface area contributed by atoms with Gasteiger partial charge in [-0.25, -0.2) is 0 Å². The Bertz CT molecular complexity index is 567. The maximum absolute atomic E-state index is 6.08. The van der Waals surface area contributed by atoms with E-state index >= 15 is 0 Å². The van der Waals surface area contributed by atoms with Gasteiger partial charge in [0.1, 0.15) is 11.5 Å². The van der Waals surface area contributed by atoms with Gasteiger partial charge in [0.15, 0.2) is 0 Å². The predicted octanol–water partition coefficient (Wildman–Crippen LogP) is 3.87. The molecule has 0 spiro atoms. The molecular formula is C16H19NO2S. The number of hydrogen-bond acceptors (Lipinski definition) is 4. The molecule has 0 aliphatic heterocycles. The van der Waals surface area contributed by atoms with E-state index < -0.39 is 0 Å². The van der Waals surface area contributed by atoms with Gasteiger partial charge in [0.2, 0.25) is 0 Å². The Morgan fingerprint density at radius 3 is 2.25 bits per heavy atom. The summed E-state index contributed by atoms with van der Waals surface area (Å²) < 4.78 is 10.6. The molecule has 0 aromatic heterocycles. The van der Waals surface area contributed by atoms with Gasteiger partial charge >= 0.3 is 0 Å². The molecule has 0 radical (unpaired) electrons. The van der Waals surface area contributed by atoms with E-state index in [4.69, 9.17) is 15.2 Å². The van der Waals surface area contributed by atoms with Crippen LogP contribution in [0.2, 0.25) is 0 Å². The lowest BCUT2D eigenvalue weighted by molar-refractivity contribution is 0.405. The van der Waals surface area contributed by atoms with Crippen molar-refractivity contribution in [3.05, 3.63) is 48.0 Å². The molecule has 0 fully saturated rings. The third kappa shape index (κ3) is 3.26. The van der Waals surface area contributed by atoms with Crippen LogP contribution in [0.4, 0.5) is 0 Å².